The zero-order chi connectivity index (χ0) is 38.8. The number of anilines is 1. The first-order valence-corrected chi connectivity index (χ1v) is 18.7. The minimum absolute atomic E-state index is 0.0449. The van der Waals surface area contributed by atoms with Crippen molar-refractivity contribution in [3.63, 3.8) is 0 Å². The first-order chi connectivity index (χ1) is 27.3. The molecule has 9 heteroatoms. The van der Waals surface area contributed by atoms with Gasteiger partial charge in [-0.3, -0.25) is 24.2 Å². The highest BCUT2D eigenvalue weighted by molar-refractivity contribution is 6.12. The molecule has 3 aliphatic heterocycles. The van der Waals surface area contributed by atoms with Gasteiger partial charge in [0.25, 0.3) is 0 Å². The van der Waals surface area contributed by atoms with Crippen molar-refractivity contribution in [1.29, 1.82) is 0 Å². The zero-order valence-electron chi connectivity index (χ0n) is 31.0. The highest BCUT2D eigenvalue weighted by Gasteiger charge is 2.74. The van der Waals surface area contributed by atoms with E-state index in [-0.39, 0.29) is 12.3 Å². The Morgan fingerprint density at radius 1 is 0.893 bits per heavy atom. The summed E-state index contributed by atoms with van der Waals surface area (Å²) in [5.74, 6) is 3.90. The first kappa shape index (κ1) is 36.5. The Morgan fingerprint density at radius 3 is 2.23 bits per heavy atom. The van der Waals surface area contributed by atoms with E-state index in [1.165, 1.54) is 5.56 Å². The van der Waals surface area contributed by atoms with E-state index in [1.54, 1.807) is 30.3 Å². The van der Waals surface area contributed by atoms with E-state index in [0.717, 1.165) is 17.7 Å². The van der Waals surface area contributed by atoms with Crippen molar-refractivity contribution in [2.24, 2.45) is 5.92 Å². The lowest BCUT2D eigenvalue weighted by Gasteiger charge is -2.46. The van der Waals surface area contributed by atoms with Gasteiger partial charge in [0.2, 0.25) is 11.8 Å². The summed E-state index contributed by atoms with van der Waals surface area (Å²) in [5.41, 5.74) is 3.58. The number of hydrogen-bond donors (Lipinski definition) is 3. The topological polar surface area (TPSA) is 111 Å². The molecule has 280 valence electrons. The molecule has 0 radical (unpaired) electrons. The molecule has 0 saturated carbocycles. The Bertz CT molecular complexity index is 2320. The third-order valence-electron chi connectivity index (χ3n) is 11.1. The number of nitrogens with one attached hydrogen (secondary N) is 2. The van der Waals surface area contributed by atoms with Crippen LogP contribution < -0.4 is 10.6 Å². The lowest BCUT2D eigenvalue weighted by molar-refractivity contribution is -0.178. The standard InChI is InChI=1S/C47H42N4O5/c1-3-27-48-44(53)39-41-45(54)56-42(34-19-11-6-12-20-34)40(33-17-9-5-10-18-33)51(41)43(35-22-24-36(52)25-23-35)47(39)37-29-31(21-26-38(37)49-46(47)55)16-13-28-50(2)30-32-14-7-4-8-15-32/h3-12,14-15,17-26,29,39-43,52H,1,27-28,30H2,2H3,(H,48,53)(H,49,55)/t39-,40-,41-,42+,43+,47-/m0/s1. The smallest absolute Gasteiger partial charge is 0.324 e. The molecule has 56 heavy (non-hydrogen) atoms. The number of carbonyl (C=O) groups excluding carboxylic acids is 3. The Hall–Kier alpha value is -6.47. The van der Waals surface area contributed by atoms with Gasteiger partial charge >= 0.3 is 5.97 Å². The SMILES string of the molecule is C=CCNC(=O)[C@@H]1[C@H]2C(=O)O[C@H](c3ccccc3)[C@H](c3ccccc3)N2[C@H](c2ccc(O)cc2)[C@@]12C(=O)Nc1ccc(C#CCN(C)Cc3ccccc3)cc12. The van der Waals surface area contributed by atoms with Gasteiger partial charge in [0.1, 0.15) is 23.3 Å². The number of phenolic OH excluding ortho intramolecular Hbond substituents is 1. The molecule has 3 aliphatic rings. The average molecular weight is 743 g/mol. The largest absolute Gasteiger partial charge is 0.508 e. The third-order valence-corrected chi connectivity index (χ3v) is 11.1. The van der Waals surface area contributed by atoms with Gasteiger partial charge in [-0.25, -0.2) is 0 Å². The molecule has 0 bridgehead atoms. The van der Waals surface area contributed by atoms with Crippen molar-refractivity contribution < 1.29 is 24.2 Å². The lowest BCUT2D eigenvalue weighted by Crippen LogP contribution is -2.54. The third kappa shape index (κ3) is 6.43. The minimum atomic E-state index is -1.64. The molecule has 0 aliphatic carbocycles. The second-order valence-electron chi connectivity index (χ2n) is 14.6. The molecule has 5 aromatic carbocycles. The van der Waals surface area contributed by atoms with E-state index < -0.39 is 53.3 Å². The molecule has 5 aromatic rings. The van der Waals surface area contributed by atoms with E-state index in [0.29, 0.717) is 28.9 Å². The van der Waals surface area contributed by atoms with Crippen LogP contribution >= 0.6 is 0 Å². The number of fused-ring (bicyclic) bond motifs is 3. The van der Waals surface area contributed by atoms with E-state index in [4.69, 9.17) is 4.74 Å². The predicted octanol–water partition coefficient (Wildman–Crippen LogP) is 6.45. The molecule has 0 aromatic heterocycles. The van der Waals surface area contributed by atoms with Crippen LogP contribution in [0.15, 0.2) is 146 Å². The molecule has 0 unspecified atom stereocenters. The second kappa shape index (κ2) is 15.3. The number of phenols is 1. The quantitative estimate of drug-likeness (QED) is 0.0905. The van der Waals surface area contributed by atoms with Crippen LogP contribution in [-0.4, -0.2) is 58.9 Å². The molecule has 2 saturated heterocycles. The number of aromatic hydroxyl groups is 1. The fourth-order valence-electron chi connectivity index (χ4n) is 8.84. The molecular weight excluding hydrogens is 701 g/mol. The lowest BCUT2D eigenvalue weighted by atomic mass is 9.65. The van der Waals surface area contributed by atoms with E-state index >= 15 is 4.79 Å². The zero-order valence-corrected chi connectivity index (χ0v) is 31.0. The van der Waals surface area contributed by atoms with Crippen LogP contribution in [0.1, 0.15) is 51.6 Å². The van der Waals surface area contributed by atoms with Gasteiger partial charge in [-0.15, -0.1) is 6.58 Å². The number of cyclic esters (lactones) is 1. The monoisotopic (exact) mass is 742 g/mol. The molecule has 3 heterocycles. The number of rotatable bonds is 9. The molecular formula is C47H42N4O5. The summed E-state index contributed by atoms with van der Waals surface area (Å²) in [6.45, 7) is 5.16. The fraction of sp³-hybridized carbons (Fsp3) is 0.213. The molecule has 2 amide bonds. The second-order valence-corrected chi connectivity index (χ2v) is 14.6. The summed E-state index contributed by atoms with van der Waals surface area (Å²) >= 11 is 0. The molecule has 1 spiro atoms. The number of morpholine rings is 1. The van der Waals surface area contributed by atoms with Crippen molar-refractivity contribution >= 4 is 23.5 Å². The molecule has 6 atom stereocenters. The Morgan fingerprint density at radius 2 is 1.55 bits per heavy atom. The predicted molar refractivity (Wildman–Crippen MR) is 214 cm³/mol. The van der Waals surface area contributed by atoms with Gasteiger partial charge in [-0.1, -0.05) is 121 Å². The van der Waals surface area contributed by atoms with Crippen LogP contribution in [-0.2, 0) is 31.1 Å². The van der Waals surface area contributed by atoms with Gasteiger partial charge in [-0.2, -0.15) is 0 Å². The van der Waals surface area contributed by atoms with E-state index in [2.05, 4.69) is 46.1 Å². The van der Waals surface area contributed by atoms with Gasteiger partial charge in [-0.05, 0) is 65.2 Å². The van der Waals surface area contributed by atoms with Gasteiger partial charge in [0.15, 0.2) is 0 Å². The van der Waals surface area contributed by atoms with Crippen LogP contribution in [0, 0.1) is 17.8 Å². The van der Waals surface area contributed by atoms with Crippen LogP contribution in [0.25, 0.3) is 0 Å². The number of amides is 2. The summed E-state index contributed by atoms with van der Waals surface area (Å²) in [5, 5.41) is 16.5. The first-order valence-electron chi connectivity index (χ1n) is 18.7. The normalized spacial score (nSPS) is 23.7. The summed E-state index contributed by atoms with van der Waals surface area (Å²) in [6, 6.07) is 39.0. The highest BCUT2D eigenvalue weighted by Crippen LogP contribution is 2.64. The van der Waals surface area contributed by atoms with Crippen molar-refractivity contribution in [3.8, 4) is 17.6 Å². The number of carbonyl (C=O) groups is 3. The van der Waals surface area contributed by atoms with Gasteiger partial charge in [0, 0.05) is 24.3 Å². The van der Waals surface area contributed by atoms with Crippen molar-refractivity contribution in [2.45, 2.75) is 36.2 Å². The Balaban J connectivity index is 1.32. The summed E-state index contributed by atoms with van der Waals surface area (Å²) in [4.78, 5) is 48.8. The van der Waals surface area contributed by atoms with E-state index in [9.17, 15) is 14.7 Å². The molecule has 9 nitrogen and oxygen atoms in total. The maximum Gasteiger partial charge on any atom is 0.324 e. The van der Waals surface area contributed by atoms with Crippen LogP contribution in [0.4, 0.5) is 5.69 Å². The van der Waals surface area contributed by atoms with Crippen molar-refractivity contribution in [1.82, 2.24) is 15.1 Å². The van der Waals surface area contributed by atoms with Gasteiger partial charge in [0.05, 0.1) is 24.5 Å². The minimum Gasteiger partial charge on any atom is -0.508 e. The number of hydrogen-bond acceptors (Lipinski definition) is 7. The number of esters is 1. The van der Waals surface area contributed by atoms with Crippen molar-refractivity contribution in [2.75, 3.05) is 25.5 Å². The summed E-state index contributed by atoms with van der Waals surface area (Å²) < 4.78 is 6.43. The molecule has 8 rings (SSSR count). The van der Waals surface area contributed by atoms with Crippen LogP contribution in [0.3, 0.4) is 0 Å². The molecule has 3 N–H and O–H groups in total. The summed E-state index contributed by atoms with van der Waals surface area (Å²) in [7, 11) is 2.01. The number of nitrogens with zero attached hydrogens (tertiary/aromatic N) is 2. The summed E-state index contributed by atoms with van der Waals surface area (Å²) in [6.07, 6.45) is 0.792. The maximum atomic E-state index is 15.1. The van der Waals surface area contributed by atoms with Crippen LogP contribution in [0.5, 0.6) is 5.75 Å². The Kier molecular flexibility index (Phi) is 10.0. The van der Waals surface area contributed by atoms with Crippen LogP contribution in [0.2, 0.25) is 0 Å². The maximum absolute atomic E-state index is 15.1. The van der Waals surface area contributed by atoms with Crippen molar-refractivity contribution in [3.05, 3.63) is 179 Å². The average Bonchev–Trinajstić information content (AvgIpc) is 3.70. The number of ether oxygens (including phenoxy) is 1. The van der Waals surface area contributed by atoms with Gasteiger partial charge < -0.3 is 20.5 Å². The fourth-order valence-corrected chi connectivity index (χ4v) is 8.84. The highest BCUT2D eigenvalue weighted by atomic mass is 16.6. The Labute approximate surface area is 326 Å². The number of benzene rings is 5. The van der Waals surface area contributed by atoms with E-state index in [1.807, 2.05) is 109 Å². The molecule has 2 fully saturated rings.